The topological polar surface area (TPSA) is 86.3 Å². The number of nitrogens with zero attached hydrogens (tertiary/aromatic N) is 2. The van der Waals surface area contributed by atoms with Crippen LogP contribution in [0.4, 0.5) is 0 Å². The summed E-state index contributed by atoms with van der Waals surface area (Å²) in [4.78, 5) is 0. The van der Waals surface area contributed by atoms with Crippen LogP contribution in [0.3, 0.4) is 0 Å². The van der Waals surface area contributed by atoms with Crippen LogP contribution in [0.1, 0.15) is 18.5 Å². The normalized spacial score (nSPS) is 13.6. The lowest BCUT2D eigenvalue weighted by atomic mass is 10.1. The van der Waals surface area contributed by atoms with Gasteiger partial charge in [-0.25, -0.2) is 8.42 Å². The Kier molecular flexibility index (Phi) is 3.59. The Hall–Kier alpha value is -1.86. The van der Waals surface area contributed by atoms with Crippen molar-refractivity contribution >= 4 is 10.0 Å². The second-order valence-corrected chi connectivity index (χ2v) is 6.18. The van der Waals surface area contributed by atoms with Gasteiger partial charge < -0.3 is 5.11 Å². The molecular formula is C12H15N3O3S. The van der Waals surface area contributed by atoms with Gasteiger partial charge in [0.2, 0.25) is 0 Å². The molecule has 0 aliphatic rings. The van der Waals surface area contributed by atoms with E-state index in [1.165, 1.54) is 35.7 Å². The molecule has 6 nitrogen and oxygen atoms in total. The van der Waals surface area contributed by atoms with Crippen molar-refractivity contribution < 1.29 is 13.5 Å². The van der Waals surface area contributed by atoms with E-state index in [9.17, 15) is 13.5 Å². The van der Waals surface area contributed by atoms with Crippen molar-refractivity contribution in [2.75, 3.05) is 7.05 Å². The molecule has 0 radical (unpaired) electrons. The molecule has 2 N–H and O–H groups in total. The zero-order valence-corrected chi connectivity index (χ0v) is 11.4. The molecule has 0 bridgehead atoms. The van der Waals surface area contributed by atoms with E-state index in [-0.39, 0.29) is 16.8 Å². The largest absolute Gasteiger partial charge is 0.508 e. The first-order chi connectivity index (χ1) is 8.93. The summed E-state index contributed by atoms with van der Waals surface area (Å²) in [5.41, 5.74) is 0.795. The number of aromatic hydroxyl groups is 1. The van der Waals surface area contributed by atoms with Gasteiger partial charge in [-0.2, -0.15) is 9.40 Å². The number of rotatable bonds is 4. The summed E-state index contributed by atoms with van der Waals surface area (Å²) in [7, 11) is -2.09. The van der Waals surface area contributed by atoms with E-state index in [4.69, 9.17) is 0 Å². The monoisotopic (exact) mass is 281 g/mol. The van der Waals surface area contributed by atoms with Gasteiger partial charge in [0.25, 0.3) is 10.0 Å². The maximum Gasteiger partial charge on any atom is 0.260 e. The molecule has 2 aromatic rings. The number of aromatic amines is 1. The highest BCUT2D eigenvalue weighted by Gasteiger charge is 2.27. The van der Waals surface area contributed by atoms with Crippen molar-refractivity contribution in [1.29, 1.82) is 0 Å². The van der Waals surface area contributed by atoms with Gasteiger partial charge in [-0.05, 0) is 30.7 Å². The first kappa shape index (κ1) is 13.6. The van der Waals surface area contributed by atoms with E-state index < -0.39 is 10.0 Å². The summed E-state index contributed by atoms with van der Waals surface area (Å²) in [6, 6.07) is 7.51. The standard InChI is InChI=1S/C12H15N3O3S/c1-9(10-3-5-11(16)6-4-10)15(2)19(17,18)12-7-8-13-14-12/h3-9,16H,1-2H3,(H,13,14). The maximum atomic E-state index is 12.3. The fourth-order valence-electron chi connectivity index (χ4n) is 1.71. The Labute approximate surface area is 111 Å². The third-order valence-electron chi connectivity index (χ3n) is 3.05. The Morgan fingerprint density at radius 2 is 1.89 bits per heavy atom. The number of hydrogen-bond acceptors (Lipinski definition) is 4. The van der Waals surface area contributed by atoms with E-state index in [1.54, 1.807) is 19.1 Å². The number of aromatic nitrogens is 2. The molecule has 1 unspecified atom stereocenters. The van der Waals surface area contributed by atoms with Gasteiger partial charge >= 0.3 is 0 Å². The number of phenols is 1. The van der Waals surface area contributed by atoms with Crippen LogP contribution < -0.4 is 0 Å². The van der Waals surface area contributed by atoms with Crippen molar-refractivity contribution in [1.82, 2.24) is 14.5 Å². The summed E-state index contributed by atoms with van der Waals surface area (Å²) < 4.78 is 25.8. The molecule has 1 atom stereocenters. The van der Waals surface area contributed by atoms with Gasteiger partial charge in [0.05, 0.1) is 6.20 Å². The van der Waals surface area contributed by atoms with Gasteiger partial charge in [-0.15, -0.1) is 0 Å². The fourth-order valence-corrected chi connectivity index (χ4v) is 2.96. The molecule has 1 heterocycles. The predicted molar refractivity (Wildman–Crippen MR) is 70.1 cm³/mol. The van der Waals surface area contributed by atoms with E-state index >= 15 is 0 Å². The molecule has 0 saturated heterocycles. The van der Waals surface area contributed by atoms with E-state index in [0.717, 1.165) is 5.56 Å². The molecule has 1 aromatic heterocycles. The Morgan fingerprint density at radius 3 is 2.42 bits per heavy atom. The van der Waals surface area contributed by atoms with Crippen LogP contribution in [-0.4, -0.2) is 35.1 Å². The van der Waals surface area contributed by atoms with Gasteiger partial charge in [-0.1, -0.05) is 12.1 Å². The summed E-state index contributed by atoms with van der Waals surface area (Å²) >= 11 is 0. The molecule has 0 aliphatic carbocycles. The average molecular weight is 281 g/mol. The van der Waals surface area contributed by atoms with E-state index in [2.05, 4.69) is 10.2 Å². The van der Waals surface area contributed by atoms with Crippen LogP contribution in [0.5, 0.6) is 5.75 Å². The van der Waals surface area contributed by atoms with Crippen LogP contribution in [0.25, 0.3) is 0 Å². The van der Waals surface area contributed by atoms with Crippen LogP contribution in [0.15, 0.2) is 41.6 Å². The van der Waals surface area contributed by atoms with Crippen molar-refractivity contribution in [3.8, 4) is 5.75 Å². The molecule has 0 amide bonds. The number of hydrogen-bond donors (Lipinski definition) is 2. The SMILES string of the molecule is CC(c1ccc(O)cc1)N(C)S(=O)(=O)c1ccn[nH]1. The number of H-pyrrole nitrogens is 1. The molecule has 7 heteroatoms. The molecule has 1 aromatic carbocycles. The third-order valence-corrected chi connectivity index (χ3v) is 4.91. The Bertz CT molecular complexity index is 635. The maximum absolute atomic E-state index is 12.3. The molecular weight excluding hydrogens is 266 g/mol. The zero-order chi connectivity index (χ0) is 14.0. The number of phenolic OH excluding ortho intramolecular Hbond substituents is 1. The van der Waals surface area contributed by atoms with Gasteiger partial charge in [0.1, 0.15) is 5.75 Å². The molecule has 102 valence electrons. The summed E-state index contributed by atoms with van der Waals surface area (Å²) in [6.45, 7) is 1.78. The second kappa shape index (κ2) is 5.02. The lowest BCUT2D eigenvalue weighted by molar-refractivity contribution is 0.396. The molecule has 19 heavy (non-hydrogen) atoms. The number of benzene rings is 1. The third kappa shape index (κ3) is 2.61. The fraction of sp³-hybridized carbons (Fsp3) is 0.250. The van der Waals surface area contributed by atoms with Crippen LogP contribution in [0, 0.1) is 0 Å². The zero-order valence-electron chi connectivity index (χ0n) is 10.6. The molecule has 0 saturated carbocycles. The van der Waals surface area contributed by atoms with Gasteiger partial charge in [-0.3, -0.25) is 5.10 Å². The van der Waals surface area contributed by atoms with Crippen LogP contribution >= 0.6 is 0 Å². The highest BCUT2D eigenvalue weighted by molar-refractivity contribution is 7.89. The van der Waals surface area contributed by atoms with Crippen molar-refractivity contribution in [2.45, 2.75) is 18.0 Å². The van der Waals surface area contributed by atoms with Gasteiger partial charge in [0, 0.05) is 13.1 Å². The summed E-state index contributed by atoms with van der Waals surface area (Å²) in [5, 5.41) is 15.4. The van der Waals surface area contributed by atoms with E-state index in [1.807, 2.05) is 0 Å². The van der Waals surface area contributed by atoms with E-state index in [0.29, 0.717) is 0 Å². The minimum Gasteiger partial charge on any atom is -0.508 e. The predicted octanol–water partition coefficient (Wildman–Crippen LogP) is 1.50. The van der Waals surface area contributed by atoms with Crippen LogP contribution in [0.2, 0.25) is 0 Å². The van der Waals surface area contributed by atoms with Crippen molar-refractivity contribution in [3.63, 3.8) is 0 Å². The Balaban J connectivity index is 2.29. The quantitative estimate of drug-likeness (QED) is 0.889. The first-order valence-corrected chi connectivity index (χ1v) is 7.13. The number of nitrogens with one attached hydrogen (secondary N) is 1. The minimum absolute atomic E-state index is 0.0561. The highest BCUT2D eigenvalue weighted by Crippen LogP contribution is 2.25. The van der Waals surface area contributed by atoms with Crippen molar-refractivity contribution in [3.05, 3.63) is 42.1 Å². The lowest BCUT2D eigenvalue weighted by Gasteiger charge is -2.23. The average Bonchev–Trinajstić information content (AvgIpc) is 2.92. The minimum atomic E-state index is -3.60. The summed E-state index contributed by atoms with van der Waals surface area (Å²) in [5.74, 6) is 0.148. The highest BCUT2D eigenvalue weighted by atomic mass is 32.2. The Morgan fingerprint density at radius 1 is 1.26 bits per heavy atom. The van der Waals surface area contributed by atoms with Crippen LogP contribution in [-0.2, 0) is 10.0 Å². The number of sulfonamides is 1. The first-order valence-electron chi connectivity index (χ1n) is 5.69. The summed E-state index contributed by atoms with van der Waals surface area (Å²) in [6.07, 6.45) is 1.39. The van der Waals surface area contributed by atoms with Crippen molar-refractivity contribution in [2.24, 2.45) is 0 Å². The molecule has 2 rings (SSSR count). The van der Waals surface area contributed by atoms with Gasteiger partial charge in [0.15, 0.2) is 5.03 Å². The lowest BCUT2D eigenvalue weighted by Crippen LogP contribution is -2.30. The molecule has 0 aliphatic heterocycles. The second-order valence-electron chi connectivity index (χ2n) is 4.21. The molecule has 0 fully saturated rings. The molecule has 0 spiro atoms. The smallest absolute Gasteiger partial charge is 0.260 e.